The minimum atomic E-state index is -2.17. The van der Waals surface area contributed by atoms with Crippen molar-refractivity contribution in [3.63, 3.8) is 0 Å². The summed E-state index contributed by atoms with van der Waals surface area (Å²) in [5, 5.41) is 15.8. The Labute approximate surface area is 446 Å². The standard InChI is InChI=1S/C61H59N5O11/c1-38(2)51(57(69)74-4)63-60(72)65-49-29-22-40(19-18-39-20-27-46(73-3)28-21-39)36-48(49)61(59(65)71)50(56(68)62-44-23-25-45(26-24-44)64-30-33-75-34-31-64)53-58(70)77-54(42-14-9-6-10-15-42)52(41-12-7-5-8-13-41)66(53)55(61)43-16-11-17-47(37-43)76-35-32-67/h5-17,20-29,36-38,50-55,67H,30-35H2,1-4H3,(H,62,68)(H,63,72)/t50-,51+,52-,53-,54+,55+,61-/m1/s1. The maximum absolute atomic E-state index is 16.9. The number of ether oxygens (including phenoxy) is 5. The van der Waals surface area contributed by atoms with E-state index in [4.69, 9.17) is 23.7 Å². The number of nitrogens with zero attached hydrogens (tertiary/aromatic N) is 3. The quantitative estimate of drug-likeness (QED) is 0.0763. The number of cyclic esters (lactones) is 1. The van der Waals surface area contributed by atoms with Crippen LogP contribution in [0.2, 0.25) is 0 Å². The number of imide groups is 1. The zero-order valence-electron chi connectivity index (χ0n) is 43.1. The minimum absolute atomic E-state index is 0.0564. The second kappa shape index (κ2) is 22.4. The highest BCUT2D eigenvalue weighted by atomic mass is 16.6. The van der Waals surface area contributed by atoms with Gasteiger partial charge in [-0.1, -0.05) is 98.5 Å². The molecule has 6 aromatic rings. The molecular weight excluding hydrogens is 979 g/mol. The SMILES string of the molecule is COC(=O)[C@@H](NC(=O)N1C(=O)[C@@]2(c3cc(C#Cc4ccc(OC)cc4)ccc31)[C@H](c1cccc(OCCO)c1)N1[C@H](c3ccccc3)[C@H](c3ccccc3)OC(=O)[C@H]1[C@@H]2C(=O)Nc1ccc(N2CCOCC2)cc1)C(C)C. The van der Waals surface area contributed by atoms with E-state index in [-0.39, 0.29) is 24.5 Å². The maximum Gasteiger partial charge on any atom is 0.329 e. The van der Waals surface area contributed by atoms with Crippen molar-refractivity contribution in [1.82, 2.24) is 10.2 Å². The largest absolute Gasteiger partial charge is 0.497 e. The average Bonchev–Trinajstić information content (AvgIpc) is 3.09. The summed E-state index contributed by atoms with van der Waals surface area (Å²) in [5.41, 5.74) is 2.37. The fourth-order valence-electron chi connectivity index (χ4n) is 11.4. The molecule has 4 aliphatic rings. The number of benzene rings is 6. The third-order valence-electron chi connectivity index (χ3n) is 14.8. The molecule has 6 aromatic carbocycles. The molecular formula is C61H59N5O11. The van der Waals surface area contributed by atoms with Crippen LogP contribution in [0.3, 0.4) is 0 Å². The predicted molar refractivity (Wildman–Crippen MR) is 287 cm³/mol. The lowest BCUT2D eigenvalue weighted by Gasteiger charge is -2.46. The van der Waals surface area contributed by atoms with Crippen LogP contribution in [0.25, 0.3) is 0 Å². The van der Waals surface area contributed by atoms with E-state index >= 15 is 19.2 Å². The number of carbonyl (C=O) groups excluding carboxylic acids is 5. The lowest BCUT2D eigenvalue weighted by Crippen LogP contribution is -2.57. The first kappa shape index (κ1) is 52.0. The molecule has 0 unspecified atom stereocenters. The Morgan fingerprint density at radius 1 is 0.753 bits per heavy atom. The number of amides is 4. The monoisotopic (exact) mass is 1040 g/mol. The third-order valence-corrected chi connectivity index (χ3v) is 14.8. The Bertz CT molecular complexity index is 3210. The molecule has 7 atom stereocenters. The van der Waals surface area contributed by atoms with Crippen LogP contribution in [0.15, 0.2) is 152 Å². The molecule has 4 amide bonds. The van der Waals surface area contributed by atoms with Gasteiger partial charge in [-0.15, -0.1) is 0 Å². The molecule has 0 bridgehead atoms. The Morgan fingerprint density at radius 2 is 1.42 bits per heavy atom. The van der Waals surface area contributed by atoms with Crippen LogP contribution in [0.1, 0.15) is 65.4 Å². The van der Waals surface area contributed by atoms with Gasteiger partial charge in [-0.3, -0.25) is 19.3 Å². The second-order valence-electron chi connectivity index (χ2n) is 19.6. The summed E-state index contributed by atoms with van der Waals surface area (Å²) in [6, 6.07) is 39.5. The number of morpholine rings is 2. The molecule has 10 rings (SSSR count). The van der Waals surface area contributed by atoms with E-state index in [0.717, 1.165) is 10.6 Å². The Balaban J connectivity index is 1.25. The molecule has 394 valence electrons. The highest BCUT2D eigenvalue weighted by Crippen LogP contribution is 2.66. The van der Waals surface area contributed by atoms with Crippen molar-refractivity contribution in [3.8, 4) is 23.3 Å². The van der Waals surface area contributed by atoms with Crippen molar-refractivity contribution < 1.29 is 52.8 Å². The summed E-state index contributed by atoms with van der Waals surface area (Å²) < 4.78 is 28.8. The summed E-state index contributed by atoms with van der Waals surface area (Å²) in [6.45, 7) is 5.64. The first-order chi connectivity index (χ1) is 37.5. The lowest BCUT2D eigenvalue weighted by molar-refractivity contribution is -0.177. The summed E-state index contributed by atoms with van der Waals surface area (Å²) in [4.78, 5) is 82.5. The first-order valence-electron chi connectivity index (χ1n) is 25.6. The predicted octanol–water partition coefficient (Wildman–Crippen LogP) is 7.51. The first-order valence-corrected chi connectivity index (χ1v) is 25.6. The van der Waals surface area contributed by atoms with Crippen LogP contribution in [0.5, 0.6) is 11.5 Å². The van der Waals surface area contributed by atoms with Crippen LogP contribution < -0.4 is 29.9 Å². The zero-order valence-corrected chi connectivity index (χ0v) is 43.1. The van der Waals surface area contributed by atoms with E-state index in [1.165, 1.54) is 7.11 Å². The van der Waals surface area contributed by atoms with Crippen LogP contribution in [0, 0.1) is 23.7 Å². The number of methoxy groups -OCH3 is 2. The number of aliphatic hydroxyl groups is 1. The van der Waals surface area contributed by atoms with Crippen molar-refractivity contribution in [2.45, 2.75) is 49.5 Å². The zero-order chi connectivity index (χ0) is 53.8. The third kappa shape index (κ3) is 9.85. The van der Waals surface area contributed by atoms with E-state index in [0.29, 0.717) is 71.3 Å². The second-order valence-corrected chi connectivity index (χ2v) is 19.6. The van der Waals surface area contributed by atoms with Gasteiger partial charge in [0.2, 0.25) is 11.8 Å². The Kier molecular flexibility index (Phi) is 15.1. The summed E-state index contributed by atoms with van der Waals surface area (Å²) in [7, 11) is 2.79. The van der Waals surface area contributed by atoms with Gasteiger partial charge in [0.15, 0.2) is 0 Å². The number of rotatable bonds is 13. The number of carbonyl (C=O) groups is 5. The number of anilines is 3. The molecule has 77 heavy (non-hydrogen) atoms. The van der Waals surface area contributed by atoms with Crippen molar-refractivity contribution in [1.29, 1.82) is 0 Å². The molecule has 3 saturated heterocycles. The van der Waals surface area contributed by atoms with Gasteiger partial charge < -0.3 is 44.3 Å². The van der Waals surface area contributed by atoms with Gasteiger partial charge in [0.05, 0.1) is 57.7 Å². The number of fused-ring (bicyclic) bond motifs is 3. The number of nitrogens with one attached hydrogen (secondary N) is 2. The van der Waals surface area contributed by atoms with E-state index in [1.54, 1.807) is 87.7 Å². The number of esters is 2. The molecule has 1 spiro atoms. The lowest BCUT2D eigenvalue weighted by atomic mass is 9.65. The smallest absolute Gasteiger partial charge is 0.329 e. The highest BCUT2D eigenvalue weighted by molar-refractivity contribution is 6.25. The van der Waals surface area contributed by atoms with Gasteiger partial charge in [-0.2, -0.15) is 0 Å². The molecule has 16 heteroatoms. The Morgan fingerprint density at radius 3 is 2.08 bits per heavy atom. The van der Waals surface area contributed by atoms with Gasteiger partial charge in [-0.25, -0.2) is 14.5 Å². The van der Waals surface area contributed by atoms with Crippen molar-refractivity contribution >= 4 is 46.8 Å². The van der Waals surface area contributed by atoms with Gasteiger partial charge in [0.1, 0.15) is 41.7 Å². The van der Waals surface area contributed by atoms with Crippen molar-refractivity contribution in [2.75, 3.05) is 68.9 Å². The molecule has 4 aliphatic heterocycles. The molecule has 3 N–H and O–H groups in total. The van der Waals surface area contributed by atoms with Crippen LogP contribution in [0.4, 0.5) is 21.9 Å². The maximum atomic E-state index is 16.9. The van der Waals surface area contributed by atoms with Gasteiger partial charge in [-0.05, 0) is 107 Å². The van der Waals surface area contributed by atoms with Crippen molar-refractivity contribution in [3.05, 3.63) is 185 Å². The van der Waals surface area contributed by atoms with E-state index < -0.39 is 77.3 Å². The van der Waals surface area contributed by atoms with Gasteiger partial charge in [0.25, 0.3) is 0 Å². The van der Waals surface area contributed by atoms with E-state index in [2.05, 4.69) is 27.4 Å². The topological polar surface area (TPSA) is 186 Å². The Hall–Kier alpha value is -8.49. The molecule has 3 fully saturated rings. The number of aliphatic hydroxyl groups excluding tert-OH is 1. The average molecular weight is 1040 g/mol. The molecule has 0 aromatic heterocycles. The van der Waals surface area contributed by atoms with Crippen LogP contribution in [-0.2, 0) is 38.8 Å². The summed E-state index contributed by atoms with van der Waals surface area (Å²) >= 11 is 0. The minimum Gasteiger partial charge on any atom is -0.497 e. The van der Waals surface area contributed by atoms with E-state index in [1.807, 2.05) is 89.8 Å². The van der Waals surface area contributed by atoms with Gasteiger partial charge in [0, 0.05) is 35.6 Å². The number of hydrogen-bond donors (Lipinski definition) is 3. The molecule has 16 nitrogen and oxygen atoms in total. The summed E-state index contributed by atoms with van der Waals surface area (Å²) in [6.07, 6.45) is -0.978. The number of urea groups is 1. The van der Waals surface area contributed by atoms with Crippen LogP contribution in [-0.4, -0.2) is 106 Å². The molecule has 4 heterocycles. The van der Waals surface area contributed by atoms with Gasteiger partial charge >= 0.3 is 18.0 Å². The van der Waals surface area contributed by atoms with Crippen molar-refractivity contribution in [2.24, 2.45) is 11.8 Å². The highest BCUT2D eigenvalue weighted by Gasteiger charge is 2.75. The fourth-order valence-corrected chi connectivity index (χ4v) is 11.4. The molecule has 0 radical (unpaired) electrons. The van der Waals surface area contributed by atoms with E-state index in [9.17, 15) is 9.90 Å². The summed E-state index contributed by atoms with van der Waals surface area (Å²) in [5.74, 6) is 2.27. The fraction of sp³-hybridized carbons (Fsp3) is 0.295. The number of hydrogen-bond acceptors (Lipinski definition) is 13. The normalized spacial score (nSPS) is 22.0. The molecule has 0 aliphatic carbocycles. The van der Waals surface area contributed by atoms with Crippen LogP contribution >= 0.6 is 0 Å². The molecule has 0 saturated carbocycles.